The van der Waals surface area contributed by atoms with Crippen molar-refractivity contribution in [2.45, 2.75) is 13.8 Å². The number of rotatable bonds is 4. The molecule has 0 aromatic heterocycles. The van der Waals surface area contributed by atoms with Crippen LogP contribution in [0.1, 0.15) is 29.8 Å². The molecule has 1 aromatic rings. The van der Waals surface area contributed by atoms with Crippen LogP contribution in [0.4, 0.5) is 0 Å². The van der Waals surface area contributed by atoms with E-state index in [9.17, 15) is 14.9 Å². The van der Waals surface area contributed by atoms with E-state index in [1.165, 1.54) is 13.0 Å². The van der Waals surface area contributed by atoms with Gasteiger partial charge in [-0.25, -0.2) is 4.79 Å². The van der Waals surface area contributed by atoms with Crippen LogP contribution >= 0.6 is 0 Å². The molecule has 0 saturated carbocycles. The van der Waals surface area contributed by atoms with E-state index in [0.717, 1.165) is 0 Å². The van der Waals surface area contributed by atoms with Crippen molar-refractivity contribution in [2.24, 2.45) is 0 Å². The Bertz CT molecular complexity index is 448. The van der Waals surface area contributed by atoms with Crippen LogP contribution in [0.15, 0.2) is 30.0 Å². The predicted molar refractivity (Wildman–Crippen MR) is 63.0 cm³/mol. The molecule has 0 atom stereocenters. The van der Waals surface area contributed by atoms with Crippen LogP contribution in [0.5, 0.6) is 0 Å². The summed E-state index contributed by atoms with van der Waals surface area (Å²) in [6.45, 7) is 3.47. The minimum absolute atomic E-state index is 0.0499. The molecule has 0 bridgehead atoms. The maximum atomic E-state index is 11.3. The van der Waals surface area contributed by atoms with Crippen LogP contribution in [0.2, 0.25) is 0 Å². The molecule has 0 heterocycles. The van der Waals surface area contributed by atoms with E-state index in [2.05, 4.69) is 0 Å². The molecular weight excluding hydrogens is 222 g/mol. The van der Waals surface area contributed by atoms with Gasteiger partial charge >= 0.3 is 5.97 Å². The first-order chi connectivity index (χ1) is 8.04. The predicted octanol–water partition coefficient (Wildman–Crippen LogP) is 2.50. The fourth-order valence-electron chi connectivity index (χ4n) is 1.22. The molecule has 0 aliphatic carbocycles. The van der Waals surface area contributed by atoms with Gasteiger partial charge in [-0.05, 0) is 24.6 Å². The summed E-state index contributed by atoms with van der Waals surface area (Å²) in [6, 6.07) is 6.44. The standard InChI is InChI=1S/C12H13NO4/c1-3-17-12(14)11-6-4-10(5-7-11)8-9(2)13(15)16/h4-8H,3H2,1-2H3. The van der Waals surface area contributed by atoms with Gasteiger partial charge in [-0.3, -0.25) is 10.1 Å². The van der Waals surface area contributed by atoms with Crippen molar-refractivity contribution in [1.82, 2.24) is 0 Å². The number of carbonyl (C=O) groups is 1. The van der Waals surface area contributed by atoms with E-state index in [4.69, 9.17) is 4.74 Å². The Morgan fingerprint density at radius 3 is 2.47 bits per heavy atom. The zero-order valence-corrected chi connectivity index (χ0v) is 9.67. The molecule has 0 N–H and O–H groups in total. The van der Waals surface area contributed by atoms with Crippen LogP contribution in [-0.2, 0) is 4.74 Å². The molecule has 1 aromatic carbocycles. The summed E-state index contributed by atoms with van der Waals surface area (Å²) < 4.78 is 4.82. The molecule has 1 rings (SSSR count). The van der Waals surface area contributed by atoms with E-state index < -0.39 is 10.9 Å². The Balaban J connectivity index is 2.85. The van der Waals surface area contributed by atoms with Crippen LogP contribution in [0.25, 0.3) is 6.08 Å². The summed E-state index contributed by atoms with van der Waals surface area (Å²) in [7, 11) is 0. The van der Waals surface area contributed by atoms with Crippen LogP contribution in [0, 0.1) is 10.1 Å². The molecule has 5 nitrogen and oxygen atoms in total. The van der Waals surface area contributed by atoms with Crippen molar-refractivity contribution in [3.8, 4) is 0 Å². The fourth-order valence-corrected chi connectivity index (χ4v) is 1.22. The maximum Gasteiger partial charge on any atom is 0.338 e. The van der Waals surface area contributed by atoms with Gasteiger partial charge in [0.15, 0.2) is 0 Å². The molecule has 17 heavy (non-hydrogen) atoms. The quantitative estimate of drug-likeness (QED) is 0.456. The second kappa shape index (κ2) is 5.79. The van der Waals surface area contributed by atoms with Crippen LogP contribution in [-0.4, -0.2) is 17.5 Å². The zero-order valence-electron chi connectivity index (χ0n) is 9.67. The van der Waals surface area contributed by atoms with Gasteiger partial charge < -0.3 is 4.74 Å². The highest BCUT2D eigenvalue weighted by Gasteiger charge is 2.06. The van der Waals surface area contributed by atoms with Gasteiger partial charge in [0.2, 0.25) is 5.70 Å². The smallest absolute Gasteiger partial charge is 0.338 e. The van der Waals surface area contributed by atoms with E-state index in [1.807, 2.05) is 0 Å². The average Bonchev–Trinajstić information content (AvgIpc) is 2.30. The van der Waals surface area contributed by atoms with Crippen molar-refractivity contribution >= 4 is 12.0 Å². The lowest BCUT2D eigenvalue weighted by atomic mass is 10.1. The molecule has 0 amide bonds. The number of ether oxygens (including phenoxy) is 1. The number of benzene rings is 1. The third kappa shape index (κ3) is 3.71. The van der Waals surface area contributed by atoms with Crippen molar-refractivity contribution in [3.63, 3.8) is 0 Å². The molecule has 0 radical (unpaired) electrons. The Kier molecular flexibility index (Phi) is 4.39. The van der Waals surface area contributed by atoms with Crippen molar-refractivity contribution in [2.75, 3.05) is 6.61 Å². The normalized spacial score (nSPS) is 11.1. The minimum Gasteiger partial charge on any atom is -0.462 e. The highest BCUT2D eigenvalue weighted by molar-refractivity contribution is 5.89. The van der Waals surface area contributed by atoms with Gasteiger partial charge in [0, 0.05) is 13.0 Å². The Morgan fingerprint density at radius 2 is 2.00 bits per heavy atom. The zero-order chi connectivity index (χ0) is 12.8. The molecule has 0 fully saturated rings. The fraction of sp³-hybridized carbons (Fsp3) is 0.250. The van der Waals surface area contributed by atoms with Crippen molar-refractivity contribution in [1.29, 1.82) is 0 Å². The third-order valence-electron chi connectivity index (χ3n) is 2.09. The molecule has 0 unspecified atom stereocenters. The SMILES string of the molecule is CCOC(=O)c1ccc(C=C(C)[N+](=O)[O-])cc1. The Morgan fingerprint density at radius 1 is 1.41 bits per heavy atom. The van der Waals surface area contributed by atoms with Gasteiger partial charge in [-0.15, -0.1) is 0 Å². The summed E-state index contributed by atoms with van der Waals surface area (Å²) in [5.74, 6) is -0.394. The summed E-state index contributed by atoms with van der Waals surface area (Å²) in [5.41, 5.74) is 1.16. The topological polar surface area (TPSA) is 69.4 Å². The minimum atomic E-state index is -0.459. The molecule has 90 valence electrons. The Labute approximate surface area is 98.9 Å². The number of nitro groups is 1. The molecule has 5 heteroatoms. The monoisotopic (exact) mass is 235 g/mol. The van der Waals surface area contributed by atoms with Crippen LogP contribution in [0.3, 0.4) is 0 Å². The van der Waals surface area contributed by atoms with E-state index in [1.54, 1.807) is 31.2 Å². The third-order valence-corrected chi connectivity index (χ3v) is 2.09. The van der Waals surface area contributed by atoms with Gasteiger partial charge in [0.25, 0.3) is 0 Å². The first kappa shape index (κ1) is 12.9. The number of hydrogen-bond acceptors (Lipinski definition) is 4. The number of nitrogens with zero attached hydrogens (tertiary/aromatic N) is 1. The van der Waals surface area contributed by atoms with Gasteiger partial charge in [-0.2, -0.15) is 0 Å². The summed E-state index contributed by atoms with van der Waals surface area (Å²) >= 11 is 0. The van der Waals surface area contributed by atoms with E-state index >= 15 is 0 Å². The highest BCUT2D eigenvalue weighted by atomic mass is 16.6. The second-order valence-corrected chi connectivity index (χ2v) is 3.39. The molecule has 0 aliphatic rings. The van der Waals surface area contributed by atoms with Crippen molar-refractivity contribution < 1.29 is 14.5 Å². The van der Waals surface area contributed by atoms with Gasteiger partial charge in [0.05, 0.1) is 17.1 Å². The number of esters is 1. The number of carbonyl (C=O) groups excluding carboxylic acids is 1. The van der Waals surface area contributed by atoms with Crippen LogP contribution < -0.4 is 0 Å². The van der Waals surface area contributed by atoms with E-state index in [-0.39, 0.29) is 5.70 Å². The summed E-state index contributed by atoms with van der Waals surface area (Å²) in [6.07, 6.45) is 1.44. The summed E-state index contributed by atoms with van der Waals surface area (Å²) in [4.78, 5) is 21.3. The van der Waals surface area contributed by atoms with Gasteiger partial charge in [0.1, 0.15) is 0 Å². The average molecular weight is 235 g/mol. The lowest BCUT2D eigenvalue weighted by Crippen LogP contribution is -2.04. The molecule has 0 aliphatic heterocycles. The lowest BCUT2D eigenvalue weighted by molar-refractivity contribution is -0.422. The molecule has 0 spiro atoms. The Hall–Kier alpha value is -2.17. The number of allylic oxidation sites excluding steroid dienone is 1. The second-order valence-electron chi connectivity index (χ2n) is 3.39. The molecule has 0 saturated heterocycles. The van der Waals surface area contributed by atoms with Crippen molar-refractivity contribution in [3.05, 3.63) is 51.2 Å². The first-order valence-electron chi connectivity index (χ1n) is 5.14. The lowest BCUT2D eigenvalue weighted by Gasteiger charge is -2.01. The molecular formula is C12H13NO4. The van der Waals surface area contributed by atoms with Gasteiger partial charge in [-0.1, -0.05) is 12.1 Å². The maximum absolute atomic E-state index is 11.3. The largest absolute Gasteiger partial charge is 0.462 e. The van der Waals surface area contributed by atoms with E-state index in [0.29, 0.717) is 17.7 Å². The highest BCUT2D eigenvalue weighted by Crippen LogP contribution is 2.10. The number of hydrogen-bond donors (Lipinski definition) is 0. The first-order valence-corrected chi connectivity index (χ1v) is 5.14. The summed E-state index contributed by atoms with van der Waals surface area (Å²) in [5, 5.41) is 10.4.